The first-order valence-electron chi connectivity index (χ1n) is 14.9. The average molecular weight is 558 g/mol. The van der Waals surface area contributed by atoms with Crippen molar-refractivity contribution in [1.29, 1.82) is 0 Å². The number of aromatic nitrogens is 1. The van der Waals surface area contributed by atoms with Gasteiger partial charge in [-0.15, -0.1) is 0 Å². The van der Waals surface area contributed by atoms with Crippen molar-refractivity contribution in [3.05, 3.63) is 48.5 Å². The van der Waals surface area contributed by atoms with Gasteiger partial charge in [0.1, 0.15) is 11.4 Å². The molecule has 6 rings (SSSR count). The Hall–Kier alpha value is -3.52. The van der Waals surface area contributed by atoms with Crippen molar-refractivity contribution < 1.29 is 14.3 Å². The highest BCUT2D eigenvalue weighted by Gasteiger charge is 2.37. The lowest BCUT2D eigenvalue weighted by molar-refractivity contribution is 0.0240. The molecule has 3 aliphatic heterocycles. The van der Waals surface area contributed by atoms with Crippen LogP contribution in [0.5, 0.6) is 5.75 Å². The Balaban J connectivity index is 1.23. The van der Waals surface area contributed by atoms with Gasteiger partial charge in [0.05, 0.1) is 18.3 Å². The summed E-state index contributed by atoms with van der Waals surface area (Å²) >= 11 is 0. The van der Waals surface area contributed by atoms with Crippen molar-refractivity contribution in [2.75, 3.05) is 76.3 Å². The molecule has 0 unspecified atom stereocenters. The molecule has 2 aromatic carbocycles. The third kappa shape index (κ3) is 5.94. The summed E-state index contributed by atoms with van der Waals surface area (Å²) in [4.78, 5) is 26.8. The Morgan fingerprint density at radius 2 is 1.61 bits per heavy atom. The van der Waals surface area contributed by atoms with E-state index in [-0.39, 0.29) is 6.09 Å². The van der Waals surface area contributed by atoms with Gasteiger partial charge in [-0.2, -0.15) is 0 Å². The van der Waals surface area contributed by atoms with E-state index in [1.54, 1.807) is 12.0 Å². The summed E-state index contributed by atoms with van der Waals surface area (Å²) in [5.41, 5.74) is 5.00. The summed E-state index contributed by atoms with van der Waals surface area (Å²) in [6.07, 6.45) is 1.04. The zero-order valence-electron chi connectivity index (χ0n) is 25.1. The highest BCUT2D eigenvalue weighted by atomic mass is 16.6. The molecule has 0 radical (unpaired) electrons. The largest absolute Gasteiger partial charge is 0.497 e. The molecule has 3 aromatic rings. The number of benzene rings is 2. The van der Waals surface area contributed by atoms with Gasteiger partial charge < -0.3 is 29.1 Å². The quantitative estimate of drug-likeness (QED) is 0.428. The van der Waals surface area contributed by atoms with Crippen molar-refractivity contribution in [2.24, 2.45) is 11.8 Å². The fraction of sp³-hybridized carbons (Fsp3) is 0.515. The van der Waals surface area contributed by atoms with Crippen molar-refractivity contribution in [3.63, 3.8) is 0 Å². The second kappa shape index (κ2) is 11.0. The molecule has 0 saturated carbocycles. The van der Waals surface area contributed by atoms with E-state index >= 15 is 0 Å². The molecule has 0 N–H and O–H groups in total. The fourth-order valence-electron chi connectivity index (χ4n) is 6.59. The van der Waals surface area contributed by atoms with E-state index in [9.17, 15) is 4.79 Å². The zero-order valence-corrected chi connectivity index (χ0v) is 25.1. The Labute approximate surface area is 243 Å². The molecule has 3 saturated heterocycles. The van der Waals surface area contributed by atoms with Crippen LogP contribution in [-0.4, -0.2) is 93.0 Å². The van der Waals surface area contributed by atoms with Crippen molar-refractivity contribution in [2.45, 2.75) is 32.8 Å². The second-order valence-electron chi connectivity index (χ2n) is 12.9. The predicted octanol–water partition coefficient (Wildman–Crippen LogP) is 5.36. The molecule has 4 heterocycles. The van der Waals surface area contributed by atoms with Gasteiger partial charge in [-0.25, -0.2) is 9.78 Å². The summed E-state index contributed by atoms with van der Waals surface area (Å²) in [6, 6.07) is 17.2. The first-order valence-corrected chi connectivity index (χ1v) is 14.9. The molecule has 41 heavy (non-hydrogen) atoms. The number of carbonyl (C=O) groups excluding carboxylic acids is 1. The molecule has 8 nitrogen and oxygen atoms in total. The van der Waals surface area contributed by atoms with E-state index in [0.717, 1.165) is 60.3 Å². The van der Waals surface area contributed by atoms with Crippen molar-refractivity contribution in [3.8, 4) is 17.0 Å². The maximum absolute atomic E-state index is 12.5. The number of rotatable bonds is 4. The highest BCUT2D eigenvalue weighted by molar-refractivity contribution is 5.95. The van der Waals surface area contributed by atoms with E-state index in [2.05, 4.69) is 64.2 Å². The van der Waals surface area contributed by atoms with Gasteiger partial charge in [-0.05, 0) is 83.0 Å². The minimum absolute atomic E-state index is 0.230. The molecule has 1 amide bonds. The van der Waals surface area contributed by atoms with Gasteiger partial charge >= 0.3 is 6.09 Å². The van der Waals surface area contributed by atoms with Gasteiger partial charge in [0.25, 0.3) is 0 Å². The number of ether oxygens (including phenoxy) is 2. The lowest BCUT2D eigenvalue weighted by Crippen LogP contribution is -2.50. The normalized spacial score (nSPS) is 21.7. The first-order chi connectivity index (χ1) is 19.7. The molecule has 2 atom stereocenters. The fourth-order valence-corrected chi connectivity index (χ4v) is 6.59. The number of nitrogens with zero attached hydrogens (tertiary/aromatic N) is 5. The van der Waals surface area contributed by atoms with Crippen LogP contribution in [0.25, 0.3) is 22.2 Å². The van der Waals surface area contributed by atoms with Crippen LogP contribution >= 0.6 is 0 Å². The van der Waals surface area contributed by atoms with Crippen LogP contribution in [0.1, 0.15) is 27.2 Å². The van der Waals surface area contributed by atoms with Crippen LogP contribution in [0, 0.1) is 11.8 Å². The molecular formula is C33H43N5O3. The minimum atomic E-state index is -0.477. The van der Waals surface area contributed by atoms with E-state index in [4.69, 9.17) is 14.5 Å². The Morgan fingerprint density at radius 3 is 2.32 bits per heavy atom. The summed E-state index contributed by atoms with van der Waals surface area (Å²) < 4.78 is 11.1. The van der Waals surface area contributed by atoms with Gasteiger partial charge in [0.2, 0.25) is 0 Å². The second-order valence-corrected chi connectivity index (χ2v) is 12.9. The summed E-state index contributed by atoms with van der Waals surface area (Å²) in [6.45, 7) is 13.2. The maximum atomic E-state index is 12.5. The molecular weight excluding hydrogens is 514 g/mol. The van der Waals surface area contributed by atoms with Gasteiger partial charge in [-0.3, -0.25) is 0 Å². The smallest absolute Gasteiger partial charge is 0.410 e. The Morgan fingerprint density at radius 1 is 0.878 bits per heavy atom. The average Bonchev–Trinajstić information content (AvgIpc) is 3.38. The van der Waals surface area contributed by atoms with E-state index in [1.165, 1.54) is 30.6 Å². The number of carbonyl (C=O) groups is 1. The molecule has 1 aromatic heterocycles. The summed E-state index contributed by atoms with van der Waals surface area (Å²) in [7, 11) is 3.95. The van der Waals surface area contributed by atoms with Crippen molar-refractivity contribution >= 4 is 28.4 Å². The van der Waals surface area contributed by atoms with Crippen LogP contribution in [0.3, 0.4) is 0 Å². The number of methoxy groups -OCH3 is 1. The van der Waals surface area contributed by atoms with E-state index in [0.29, 0.717) is 19.0 Å². The lowest BCUT2D eigenvalue weighted by atomic mass is 9.89. The molecule has 0 spiro atoms. The highest BCUT2D eigenvalue weighted by Crippen LogP contribution is 2.39. The van der Waals surface area contributed by atoms with Crippen molar-refractivity contribution in [1.82, 2.24) is 14.8 Å². The third-order valence-electron chi connectivity index (χ3n) is 8.80. The van der Waals surface area contributed by atoms with Crippen LogP contribution in [-0.2, 0) is 4.74 Å². The third-order valence-corrected chi connectivity index (χ3v) is 8.80. The van der Waals surface area contributed by atoms with Gasteiger partial charge in [0.15, 0.2) is 0 Å². The SMILES string of the molecule is COc1ccc2c(N3C[C@H]4CN(C)CC[C@H]4C3)cc(-c3ccc(N4CCN(C(=O)OC(C)(C)C)CC4)cc3)nc2c1. The van der Waals surface area contributed by atoms with E-state index in [1.807, 2.05) is 26.8 Å². The van der Waals surface area contributed by atoms with Gasteiger partial charge in [-0.1, -0.05) is 12.1 Å². The van der Waals surface area contributed by atoms with Crippen LogP contribution < -0.4 is 14.5 Å². The Bertz CT molecular complexity index is 1390. The Kier molecular flexibility index (Phi) is 7.45. The van der Waals surface area contributed by atoms with Gasteiger partial charge in [0, 0.05) is 74.2 Å². The number of piperazine rings is 1. The minimum Gasteiger partial charge on any atom is -0.497 e. The topological polar surface area (TPSA) is 61.4 Å². The number of pyridine rings is 1. The molecule has 3 aliphatic rings. The van der Waals surface area contributed by atoms with Crippen LogP contribution in [0.2, 0.25) is 0 Å². The molecule has 0 aliphatic carbocycles. The summed E-state index contributed by atoms with van der Waals surface area (Å²) in [5.74, 6) is 2.30. The molecule has 8 heteroatoms. The number of amides is 1. The monoisotopic (exact) mass is 557 g/mol. The van der Waals surface area contributed by atoms with E-state index < -0.39 is 5.60 Å². The molecule has 0 bridgehead atoms. The number of fused-ring (bicyclic) bond motifs is 2. The number of hydrogen-bond donors (Lipinski definition) is 0. The van der Waals surface area contributed by atoms with Crippen LogP contribution in [0.15, 0.2) is 48.5 Å². The maximum Gasteiger partial charge on any atom is 0.410 e. The molecule has 3 fully saturated rings. The predicted molar refractivity (Wildman–Crippen MR) is 165 cm³/mol. The lowest BCUT2D eigenvalue weighted by Gasteiger charge is -2.36. The zero-order chi connectivity index (χ0) is 28.7. The first kappa shape index (κ1) is 27.6. The number of piperidine rings is 1. The summed E-state index contributed by atoms with van der Waals surface area (Å²) in [5, 5.41) is 1.18. The van der Waals surface area contributed by atoms with Crippen LogP contribution in [0.4, 0.5) is 16.2 Å². The number of likely N-dealkylation sites (tertiary alicyclic amines) is 1. The number of anilines is 2. The molecule has 218 valence electrons. The standard InChI is InChI=1S/C33H43N5O3/c1-33(2,3)41-32(39)37-16-14-36(15-17-37)26-8-6-23(7-9-26)29-19-31(28-11-10-27(40-5)18-30(28)34-29)38-21-24-12-13-35(4)20-25(24)22-38/h6-11,18-19,24-25H,12-17,20-22H2,1-5H3/t24-,25+/m0/s1. The number of hydrogen-bond acceptors (Lipinski definition) is 7.